The molecule has 4 atom stereocenters. The molecule has 3 aliphatic rings. The van der Waals surface area contributed by atoms with E-state index in [1.54, 1.807) is 33.1 Å². The van der Waals surface area contributed by atoms with E-state index in [0.717, 1.165) is 0 Å². The van der Waals surface area contributed by atoms with Crippen molar-refractivity contribution in [2.75, 3.05) is 52.1 Å². The summed E-state index contributed by atoms with van der Waals surface area (Å²) in [6.45, 7) is -0.304. The molecule has 210 valence electrons. The first kappa shape index (κ1) is 28.1. The number of anilines is 2. The Kier molecular flexibility index (Phi) is 6.96. The maximum Gasteiger partial charge on any atom is 0.255 e. The van der Waals surface area contributed by atoms with Gasteiger partial charge in [0.1, 0.15) is 23.7 Å². The number of primary amides is 1. The molecule has 1 aromatic carbocycles. The molecule has 3 unspecified atom stereocenters. The molecule has 0 saturated carbocycles. The molecule has 0 fully saturated rings. The number of aliphatic hydroxyl groups excluding tert-OH is 2. The predicted octanol–water partition coefficient (Wildman–Crippen LogP) is -0.228. The molecular formula is C26H32N4O9. The molecule has 1 aromatic rings. The summed E-state index contributed by atoms with van der Waals surface area (Å²) in [4.78, 5) is 54.8. The molecule has 0 spiro atoms. The predicted molar refractivity (Wildman–Crippen MR) is 139 cm³/mol. The summed E-state index contributed by atoms with van der Waals surface area (Å²) in [5.41, 5.74) is 2.17. The summed E-state index contributed by atoms with van der Waals surface area (Å²) < 4.78 is 4.81. The van der Waals surface area contributed by atoms with Crippen LogP contribution in [0.5, 0.6) is 5.75 Å². The van der Waals surface area contributed by atoms with Crippen molar-refractivity contribution in [3.63, 3.8) is 0 Å². The highest BCUT2D eigenvalue weighted by molar-refractivity contribution is 6.25. The number of carbonyl (C=O) groups excluding carboxylic acids is 4. The topological polar surface area (TPSA) is 203 Å². The second kappa shape index (κ2) is 9.67. The number of benzene rings is 1. The van der Waals surface area contributed by atoms with E-state index in [4.69, 9.17) is 10.5 Å². The van der Waals surface area contributed by atoms with Crippen LogP contribution in [0, 0.1) is 11.8 Å². The summed E-state index contributed by atoms with van der Waals surface area (Å²) in [7, 11) is 7.89. The number of phenols is 1. The Morgan fingerprint density at radius 3 is 2.36 bits per heavy atom. The molecule has 0 radical (unpaired) electrons. The number of amides is 2. The fourth-order valence-electron chi connectivity index (χ4n) is 6.11. The van der Waals surface area contributed by atoms with Crippen LogP contribution in [0.2, 0.25) is 0 Å². The molecule has 13 heteroatoms. The van der Waals surface area contributed by atoms with Crippen molar-refractivity contribution >= 4 is 34.8 Å². The van der Waals surface area contributed by atoms with Crippen LogP contribution in [-0.4, -0.2) is 102 Å². The molecule has 2 amide bonds. The van der Waals surface area contributed by atoms with E-state index in [-0.39, 0.29) is 36.3 Å². The molecule has 0 bridgehead atoms. The van der Waals surface area contributed by atoms with Gasteiger partial charge in [-0.25, -0.2) is 0 Å². The Morgan fingerprint density at radius 1 is 1.18 bits per heavy atom. The van der Waals surface area contributed by atoms with Crippen LogP contribution in [0.4, 0.5) is 11.4 Å². The van der Waals surface area contributed by atoms with Gasteiger partial charge in [-0.1, -0.05) is 0 Å². The lowest BCUT2D eigenvalue weighted by Crippen LogP contribution is -2.63. The number of nitrogens with zero attached hydrogens (tertiary/aromatic N) is 2. The Labute approximate surface area is 224 Å². The lowest BCUT2D eigenvalue weighted by molar-refractivity contribution is -0.148. The van der Waals surface area contributed by atoms with E-state index in [2.05, 4.69) is 5.32 Å². The quantitative estimate of drug-likeness (QED) is 0.204. The Balaban J connectivity index is 1.95. The second-order valence-corrected chi connectivity index (χ2v) is 10.5. The fourth-order valence-corrected chi connectivity index (χ4v) is 6.11. The van der Waals surface area contributed by atoms with Crippen LogP contribution in [0.3, 0.4) is 0 Å². The Bertz CT molecular complexity index is 1360. The van der Waals surface area contributed by atoms with Crippen LogP contribution in [0.1, 0.15) is 22.3 Å². The first-order chi connectivity index (χ1) is 18.2. The van der Waals surface area contributed by atoms with Crippen LogP contribution >= 0.6 is 0 Å². The zero-order chi connectivity index (χ0) is 29.1. The van der Waals surface area contributed by atoms with Crippen molar-refractivity contribution in [2.24, 2.45) is 17.6 Å². The van der Waals surface area contributed by atoms with Gasteiger partial charge in [0.05, 0.1) is 17.3 Å². The second-order valence-electron chi connectivity index (χ2n) is 10.5. The van der Waals surface area contributed by atoms with Gasteiger partial charge in [0.25, 0.3) is 5.91 Å². The molecule has 0 aliphatic heterocycles. The van der Waals surface area contributed by atoms with Gasteiger partial charge in [-0.3, -0.25) is 24.1 Å². The van der Waals surface area contributed by atoms with E-state index in [1.165, 1.54) is 18.1 Å². The maximum atomic E-state index is 13.9. The van der Waals surface area contributed by atoms with Crippen molar-refractivity contribution < 1.29 is 44.3 Å². The molecule has 0 aromatic heterocycles. The smallest absolute Gasteiger partial charge is 0.255 e. The number of aliphatic hydroxyl groups is 3. The molecular weight excluding hydrogens is 512 g/mol. The lowest BCUT2D eigenvalue weighted by atomic mass is 9.58. The van der Waals surface area contributed by atoms with Crippen LogP contribution in [0.25, 0.3) is 0 Å². The van der Waals surface area contributed by atoms with Gasteiger partial charge in [-0.2, -0.15) is 0 Å². The number of ketones is 2. The molecule has 13 nitrogen and oxygen atoms in total. The number of fused-ring (bicyclic) bond motifs is 3. The summed E-state index contributed by atoms with van der Waals surface area (Å²) >= 11 is 0. The number of hydrogen-bond donors (Lipinski definition) is 6. The van der Waals surface area contributed by atoms with Crippen molar-refractivity contribution in [3.8, 4) is 5.75 Å². The minimum absolute atomic E-state index is 0.0221. The summed E-state index contributed by atoms with van der Waals surface area (Å²) in [5, 5.41) is 47.5. The van der Waals surface area contributed by atoms with Crippen molar-refractivity contribution in [3.05, 3.63) is 39.9 Å². The SMILES string of the molecule is COCC(=O)Nc1cc(N(C)C)c2c(c1O)C(=O)C1=C(O)C3(O)C(=O)C(C(N)=O)=C(O)[C@@H](N(C)C)C3CC1C2. The van der Waals surface area contributed by atoms with Gasteiger partial charge in [-0.05, 0) is 44.5 Å². The number of hydrogen-bond acceptors (Lipinski definition) is 11. The molecule has 4 rings (SSSR count). The highest BCUT2D eigenvalue weighted by atomic mass is 16.5. The zero-order valence-corrected chi connectivity index (χ0v) is 22.2. The van der Waals surface area contributed by atoms with Crippen LogP contribution in [-0.2, 0) is 25.5 Å². The first-order valence-electron chi connectivity index (χ1n) is 12.2. The fraction of sp³-hybridized carbons (Fsp3) is 0.462. The van der Waals surface area contributed by atoms with E-state index in [1.807, 2.05) is 0 Å². The van der Waals surface area contributed by atoms with Gasteiger partial charge < -0.3 is 41.1 Å². The average molecular weight is 545 g/mol. The number of carbonyl (C=O) groups is 4. The summed E-state index contributed by atoms with van der Waals surface area (Å²) in [6.07, 6.45) is 0.105. The first-order valence-corrected chi connectivity index (χ1v) is 12.2. The highest BCUT2D eigenvalue weighted by Crippen LogP contribution is 2.53. The number of nitrogens with one attached hydrogen (secondary N) is 1. The van der Waals surface area contributed by atoms with E-state index in [0.29, 0.717) is 11.3 Å². The van der Waals surface area contributed by atoms with Gasteiger partial charge in [0.2, 0.25) is 11.7 Å². The average Bonchev–Trinajstić information content (AvgIpc) is 2.82. The number of rotatable bonds is 6. The zero-order valence-electron chi connectivity index (χ0n) is 22.2. The van der Waals surface area contributed by atoms with Crippen molar-refractivity contribution in [2.45, 2.75) is 24.5 Å². The summed E-state index contributed by atoms with van der Waals surface area (Å²) in [5.74, 6) is -7.98. The van der Waals surface area contributed by atoms with E-state index in [9.17, 15) is 39.6 Å². The number of allylic oxidation sites excluding steroid dienone is 1. The van der Waals surface area contributed by atoms with Gasteiger partial charge in [0, 0.05) is 38.4 Å². The largest absolute Gasteiger partial charge is 0.510 e. The molecule has 0 saturated heterocycles. The highest BCUT2D eigenvalue weighted by Gasteiger charge is 2.63. The number of likely N-dealkylation sites (N-methyl/N-ethyl adjacent to an activating group) is 1. The van der Waals surface area contributed by atoms with Crippen molar-refractivity contribution in [1.29, 1.82) is 0 Å². The van der Waals surface area contributed by atoms with Gasteiger partial charge >= 0.3 is 0 Å². The number of methoxy groups -OCH3 is 1. The van der Waals surface area contributed by atoms with E-state index < -0.39 is 69.7 Å². The standard InChI is InChI=1S/C26H32N4O9/c1-29(2)14-8-13(28-15(31)9-39-5)20(32)17-11(14)6-10-7-12-19(30(3)4)22(34)18(25(27)37)24(36)26(12,38)23(35)16(10)21(17)33/h8,10,12,19,32,34-35,38H,6-7,9H2,1-5H3,(H2,27,37)(H,28,31)/t10?,12?,19-,26?/m0/s1. The lowest BCUT2D eigenvalue weighted by Gasteiger charge is -2.50. The Hall–Kier alpha value is -3.94. The maximum absolute atomic E-state index is 13.9. The monoisotopic (exact) mass is 544 g/mol. The van der Waals surface area contributed by atoms with Crippen LogP contribution < -0.4 is 16.0 Å². The third-order valence-electron chi connectivity index (χ3n) is 7.73. The number of aromatic hydroxyl groups is 1. The third-order valence-corrected chi connectivity index (χ3v) is 7.73. The molecule has 0 heterocycles. The third kappa shape index (κ3) is 4.04. The van der Waals surface area contributed by atoms with Gasteiger partial charge in [0.15, 0.2) is 17.1 Å². The number of phenolic OH excluding ortho intramolecular Hbond substituents is 1. The Morgan fingerprint density at radius 2 is 1.82 bits per heavy atom. The van der Waals surface area contributed by atoms with Crippen LogP contribution in [0.15, 0.2) is 28.7 Å². The molecule has 39 heavy (non-hydrogen) atoms. The number of nitrogens with two attached hydrogens (primary N) is 1. The normalized spacial score (nSPS) is 26.3. The minimum atomic E-state index is -2.73. The van der Waals surface area contributed by atoms with E-state index >= 15 is 0 Å². The number of Topliss-reactive ketones (excluding diaryl/α,β-unsaturated/α-hetero) is 2. The molecule has 7 N–H and O–H groups in total. The van der Waals surface area contributed by atoms with Crippen molar-refractivity contribution in [1.82, 2.24) is 4.90 Å². The molecule has 3 aliphatic carbocycles. The number of ether oxygens (including phenoxy) is 1. The summed E-state index contributed by atoms with van der Waals surface area (Å²) in [6, 6.07) is 0.443. The van der Waals surface area contributed by atoms with Gasteiger partial charge in [-0.15, -0.1) is 0 Å². The minimum Gasteiger partial charge on any atom is -0.510 e.